The van der Waals surface area contributed by atoms with Crippen LogP contribution in [0.4, 0.5) is 10.8 Å². The lowest BCUT2D eigenvalue weighted by Gasteiger charge is -2.38. The van der Waals surface area contributed by atoms with Crippen LogP contribution in [0.2, 0.25) is 0 Å². The number of carboxylic acid groups (broad SMARTS) is 1. The summed E-state index contributed by atoms with van der Waals surface area (Å²) in [6.45, 7) is 5.58. The van der Waals surface area contributed by atoms with Crippen LogP contribution in [-0.4, -0.2) is 51.2 Å². The summed E-state index contributed by atoms with van der Waals surface area (Å²) in [5.41, 5.74) is 3.76. The SMILES string of the molecule is CC(C)c1cc(-c2nccs2)c2oc(N3CC4CCC(C3)N4C(=O)O)nc2c1. The number of carbonyl (C=O) groups is 1. The molecule has 28 heavy (non-hydrogen) atoms. The Morgan fingerprint density at radius 2 is 2.04 bits per heavy atom. The smallest absolute Gasteiger partial charge is 0.407 e. The van der Waals surface area contributed by atoms with Crippen molar-refractivity contribution in [2.45, 2.75) is 44.7 Å². The summed E-state index contributed by atoms with van der Waals surface area (Å²) in [6, 6.07) is 4.83. The second kappa shape index (κ2) is 6.48. The van der Waals surface area contributed by atoms with Crippen molar-refractivity contribution in [3.8, 4) is 10.6 Å². The van der Waals surface area contributed by atoms with Crippen molar-refractivity contribution in [3.63, 3.8) is 0 Å². The molecule has 2 saturated heterocycles. The van der Waals surface area contributed by atoms with Gasteiger partial charge in [0.2, 0.25) is 0 Å². The summed E-state index contributed by atoms with van der Waals surface area (Å²) >= 11 is 1.59. The number of piperazine rings is 1. The van der Waals surface area contributed by atoms with E-state index in [1.807, 2.05) is 5.38 Å². The molecule has 2 bridgehead atoms. The van der Waals surface area contributed by atoms with Gasteiger partial charge in [0.1, 0.15) is 10.5 Å². The predicted octanol–water partition coefficient (Wildman–Crippen LogP) is 4.41. The molecule has 2 unspecified atom stereocenters. The number of amides is 1. The van der Waals surface area contributed by atoms with Crippen LogP contribution in [0, 0.1) is 0 Å². The van der Waals surface area contributed by atoms with Gasteiger partial charge in [-0.25, -0.2) is 9.78 Å². The monoisotopic (exact) mass is 398 g/mol. The topological polar surface area (TPSA) is 82.7 Å². The molecule has 2 fully saturated rings. The number of benzene rings is 1. The average molecular weight is 398 g/mol. The third-order valence-electron chi connectivity index (χ3n) is 5.80. The van der Waals surface area contributed by atoms with E-state index in [1.54, 1.807) is 22.4 Å². The van der Waals surface area contributed by atoms with Gasteiger partial charge in [-0.1, -0.05) is 13.8 Å². The number of aromatic nitrogens is 2. The number of rotatable bonds is 3. The Kier molecular flexibility index (Phi) is 4.04. The molecule has 3 aromatic rings. The summed E-state index contributed by atoms with van der Waals surface area (Å²) in [4.78, 5) is 24.5. The van der Waals surface area contributed by atoms with E-state index in [2.05, 4.69) is 35.9 Å². The van der Waals surface area contributed by atoms with Crippen molar-refractivity contribution in [1.29, 1.82) is 0 Å². The van der Waals surface area contributed by atoms with Gasteiger partial charge in [0.15, 0.2) is 5.58 Å². The molecule has 1 N–H and O–H groups in total. The fourth-order valence-corrected chi connectivity index (χ4v) is 5.05. The maximum atomic E-state index is 11.5. The molecule has 5 rings (SSSR count). The molecule has 0 spiro atoms. The molecular weight excluding hydrogens is 376 g/mol. The largest absolute Gasteiger partial charge is 0.465 e. The summed E-state index contributed by atoms with van der Waals surface area (Å²) in [6.07, 6.45) is 2.77. The molecule has 0 saturated carbocycles. The molecule has 2 aliphatic heterocycles. The molecule has 2 atom stereocenters. The van der Waals surface area contributed by atoms with Crippen LogP contribution >= 0.6 is 11.3 Å². The first kappa shape index (κ1) is 17.5. The molecule has 4 heterocycles. The predicted molar refractivity (Wildman–Crippen MR) is 108 cm³/mol. The van der Waals surface area contributed by atoms with Gasteiger partial charge in [0.05, 0.1) is 17.6 Å². The molecule has 7 nitrogen and oxygen atoms in total. The van der Waals surface area contributed by atoms with E-state index in [0.29, 0.717) is 25.0 Å². The minimum absolute atomic E-state index is 0.0101. The van der Waals surface area contributed by atoms with Crippen LogP contribution in [0.25, 0.3) is 21.7 Å². The number of hydrogen-bond donors (Lipinski definition) is 1. The molecular formula is C20H22N4O3S. The van der Waals surface area contributed by atoms with E-state index in [0.717, 1.165) is 34.5 Å². The Labute approximate surface area is 166 Å². The third-order valence-corrected chi connectivity index (χ3v) is 6.61. The Morgan fingerprint density at radius 3 is 2.64 bits per heavy atom. The number of oxazole rings is 1. The lowest BCUT2D eigenvalue weighted by atomic mass is 10.00. The zero-order valence-corrected chi connectivity index (χ0v) is 16.6. The maximum Gasteiger partial charge on any atom is 0.407 e. The van der Waals surface area contributed by atoms with Crippen LogP contribution in [0.1, 0.15) is 38.2 Å². The van der Waals surface area contributed by atoms with Crippen LogP contribution in [0.15, 0.2) is 28.1 Å². The Bertz CT molecular complexity index is 1020. The second-order valence-electron chi connectivity index (χ2n) is 7.88. The second-order valence-corrected chi connectivity index (χ2v) is 8.78. The summed E-state index contributed by atoms with van der Waals surface area (Å²) in [5, 5.41) is 12.4. The van der Waals surface area contributed by atoms with E-state index < -0.39 is 6.09 Å². The van der Waals surface area contributed by atoms with Crippen LogP contribution in [0.5, 0.6) is 0 Å². The molecule has 0 radical (unpaired) electrons. The normalized spacial score (nSPS) is 21.8. The lowest BCUT2D eigenvalue weighted by molar-refractivity contribution is 0.114. The maximum absolute atomic E-state index is 11.5. The average Bonchev–Trinajstić information content (AvgIpc) is 3.38. The summed E-state index contributed by atoms with van der Waals surface area (Å²) in [7, 11) is 0. The van der Waals surface area contributed by atoms with Gasteiger partial charge in [0, 0.05) is 24.7 Å². The van der Waals surface area contributed by atoms with Gasteiger partial charge < -0.3 is 14.4 Å². The summed E-state index contributed by atoms with van der Waals surface area (Å²) in [5.74, 6) is 0.373. The van der Waals surface area contributed by atoms with Crippen molar-refractivity contribution < 1.29 is 14.3 Å². The van der Waals surface area contributed by atoms with Gasteiger partial charge in [-0.2, -0.15) is 4.98 Å². The van der Waals surface area contributed by atoms with E-state index >= 15 is 0 Å². The number of anilines is 1. The Morgan fingerprint density at radius 1 is 1.29 bits per heavy atom. The number of hydrogen-bond acceptors (Lipinski definition) is 6. The first-order valence-electron chi connectivity index (χ1n) is 9.62. The molecule has 2 aromatic heterocycles. The Balaban J connectivity index is 1.55. The van der Waals surface area contributed by atoms with E-state index in [1.165, 1.54) is 5.56 Å². The first-order valence-corrected chi connectivity index (χ1v) is 10.5. The van der Waals surface area contributed by atoms with E-state index in [9.17, 15) is 9.90 Å². The van der Waals surface area contributed by atoms with Crippen LogP contribution in [-0.2, 0) is 0 Å². The molecule has 146 valence electrons. The van der Waals surface area contributed by atoms with Gasteiger partial charge >= 0.3 is 6.09 Å². The van der Waals surface area contributed by atoms with E-state index in [-0.39, 0.29) is 12.1 Å². The molecule has 1 amide bonds. The first-order chi connectivity index (χ1) is 13.5. The van der Waals surface area contributed by atoms with Crippen molar-refractivity contribution in [1.82, 2.24) is 14.9 Å². The molecule has 0 aliphatic carbocycles. The lowest BCUT2D eigenvalue weighted by Crippen LogP contribution is -2.55. The van der Waals surface area contributed by atoms with Crippen molar-refractivity contribution in [2.75, 3.05) is 18.0 Å². The highest BCUT2D eigenvalue weighted by molar-refractivity contribution is 7.13. The van der Waals surface area contributed by atoms with Gasteiger partial charge in [-0.05, 0) is 36.5 Å². The highest BCUT2D eigenvalue weighted by atomic mass is 32.1. The standard InChI is InChI=1S/C20H22N4O3S/c1-11(2)12-7-15(18-21-5-6-28-18)17-16(8-12)22-19(27-17)23-9-13-3-4-14(10-23)24(13)20(25)26/h5-8,11,13-14H,3-4,9-10H2,1-2H3,(H,25,26). The molecule has 8 heteroatoms. The minimum Gasteiger partial charge on any atom is -0.465 e. The highest BCUT2D eigenvalue weighted by Gasteiger charge is 2.43. The fourth-order valence-electron chi connectivity index (χ4n) is 4.40. The highest BCUT2D eigenvalue weighted by Crippen LogP contribution is 2.38. The third kappa shape index (κ3) is 2.74. The molecule has 2 aliphatic rings. The van der Waals surface area contributed by atoms with Crippen molar-refractivity contribution >= 4 is 34.5 Å². The minimum atomic E-state index is -0.822. The van der Waals surface area contributed by atoms with Gasteiger partial charge in [-0.15, -0.1) is 11.3 Å². The van der Waals surface area contributed by atoms with E-state index in [4.69, 9.17) is 9.40 Å². The Hall–Kier alpha value is -2.61. The van der Waals surface area contributed by atoms with Gasteiger partial charge in [0.25, 0.3) is 6.01 Å². The number of thiazole rings is 1. The van der Waals surface area contributed by atoms with Crippen molar-refractivity contribution in [2.24, 2.45) is 0 Å². The van der Waals surface area contributed by atoms with Crippen LogP contribution < -0.4 is 4.90 Å². The fraction of sp³-hybridized carbons (Fsp3) is 0.450. The van der Waals surface area contributed by atoms with Crippen LogP contribution in [0.3, 0.4) is 0 Å². The zero-order valence-electron chi connectivity index (χ0n) is 15.8. The number of fused-ring (bicyclic) bond motifs is 3. The van der Waals surface area contributed by atoms with Crippen molar-refractivity contribution in [3.05, 3.63) is 29.3 Å². The number of nitrogens with zero attached hydrogens (tertiary/aromatic N) is 4. The molecule has 1 aromatic carbocycles. The quantitative estimate of drug-likeness (QED) is 0.704. The zero-order chi connectivity index (χ0) is 19.4. The van der Waals surface area contributed by atoms with Gasteiger partial charge in [-0.3, -0.25) is 4.90 Å². The summed E-state index contributed by atoms with van der Waals surface area (Å²) < 4.78 is 6.23.